The van der Waals surface area contributed by atoms with Crippen molar-refractivity contribution in [2.75, 3.05) is 30.5 Å². The predicted molar refractivity (Wildman–Crippen MR) is 105 cm³/mol. The van der Waals surface area contributed by atoms with Crippen molar-refractivity contribution in [1.29, 1.82) is 0 Å². The molecule has 0 saturated carbocycles. The number of hydrogen-bond acceptors (Lipinski definition) is 5. The zero-order valence-electron chi connectivity index (χ0n) is 15.7. The summed E-state index contributed by atoms with van der Waals surface area (Å²) in [5.41, 5.74) is 2.74. The van der Waals surface area contributed by atoms with Gasteiger partial charge in [-0.3, -0.25) is 19.7 Å². The average molecular weight is 383 g/mol. The van der Waals surface area contributed by atoms with Gasteiger partial charge in [0.2, 0.25) is 0 Å². The molecule has 1 N–H and O–H groups in total. The van der Waals surface area contributed by atoms with Gasteiger partial charge in [0, 0.05) is 42.2 Å². The van der Waals surface area contributed by atoms with Crippen LogP contribution in [0, 0.1) is 17.0 Å². The maximum atomic E-state index is 12.7. The number of anilines is 2. The molecule has 0 fully saturated rings. The van der Waals surface area contributed by atoms with Crippen molar-refractivity contribution in [1.82, 2.24) is 0 Å². The number of rotatable bonds is 5. The van der Waals surface area contributed by atoms with Crippen LogP contribution in [0.3, 0.4) is 0 Å². The number of benzene rings is 2. The number of nitro benzene ring substituents is 1. The monoisotopic (exact) mass is 383 g/mol. The van der Waals surface area contributed by atoms with Crippen LogP contribution in [0.1, 0.15) is 27.9 Å². The lowest BCUT2D eigenvalue weighted by molar-refractivity contribution is -0.385. The number of aryl methyl sites for hydroxylation is 1. The van der Waals surface area contributed by atoms with E-state index in [-0.39, 0.29) is 23.8 Å². The third kappa shape index (κ3) is 3.86. The second-order valence-electron chi connectivity index (χ2n) is 6.59. The fourth-order valence-electron chi connectivity index (χ4n) is 3.38. The molecule has 2 amide bonds. The highest BCUT2D eigenvalue weighted by atomic mass is 16.6. The molecular formula is C20H21N3O5. The molecule has 1 aliphatic heterocycles. The molecule has 3 rings (SSSR count). The first-order chi connectivity index (χ1) is 13.4. The molecule has 0 aromatic heterocycles. The van der Waals surface area contributed by atoms with E-state index in [1.807, 2.05) is 6.07 Å². The fourth-order valence-corrected chi connectivity index (χ4v) is 3.38. The van der Waals surface area contributed by atoms with E-state index in [0.717, 1.165) is 24.1 Å². The molecule has 28 heavy (non-hydrogen) atoms. The molecule has 0 unspecified atom stereocenters. The number of fused-ring (bicyclic) bond motifs is 1. The summed E-state index contributed by atoms with van der Waals surface area (Å²) in [5.74, 6) is -0.576. The molecule has 8 heteroatoms. The summed E-state index contributed by atoms with van der Waals surface area (Å²) in [6, 6.07) is 9.81. The summed E-state index contributed by atoms with van der Waals surface area (Å²) in [5, 5.41) is 13.9. The second-order valence-corrected chi connectivity index (χ2v) is 6.59. The van der Waals surface area contributed by atoms with Crippen LogP contribution in [-0.4, -0.2) is 37.0 Å². The van der Waals surface area contributed by atoms with Crippen molar-refractivity contribution < 1.29 is 19.2 Å². The fraction of sp³-hybridized carbons (Fsp3) is 0.300. The number of nitro groups is 1. The smallest absolute Gasteiger partial charge is 0.273 e. The molecule has 1 aliphatic rings. The quantitative estimate of drug-likeness (QED) is 0.631. The van der Waals surface area contributed by atoms with Gasteiger partial charge in [-0.05, 0) is 43.5 Å². The lowest BCUT2D eigenvalue weighted by Gasteiger charge is -2.30. The van der Waals surface area contributed by atoms with Gasteiger partial charge in [0.15, 0.2) is 0 Å². The third-order valence-electron chi connectivity index (χ3n) is 4.78. The van der Waals surface area contributed by atoms with Crippen molar-refractivity contribution in [3.63, 3.8) is 0 Å². The Labute approximate surface area is 162 Å². The summed E-state index contributed by atoms with van der Waals surface area (Å²) in [6.45, 7) is 2.13. The minimum atomic E-state index is -0.510. The summed E-state index contributed by atoms with van der Waals surface area (Å²) >= 11 is 0. The van der Waals surface area contributed by atoms with Gasteiger partial charge >= 0.3 is 0 Å². The number of nitrogens with one attached hydrogen (secondary N) is 1. The van der Waals surface area contributed by atoms with Crippen LogP contribution in [0.5, 0.6) is 0 Å². The molecule has 0 radical (unpaired) electrons. The highest BCUT2D eigenvalue weighted by Gasteiger charge is 2.23. The van der Waals surface area contributed by atoms with Crippen molar-refractivity contribution in [2.24, 2.45) is 0 Å². The van der Waals surface area contributed by atoms with Crippen molar-refractivity contribution in [3.8, 4) is 0 Å². The van der Waals surface area contributed by atoms with Crippen LogP contribution < -0.4 is 10.2 Å². The number of hydrogen-bond donors (Lipinski definition) is 1. The van der Waals surface area contributed by atoms with Crippen molar-refractivity contribution in [3.05, 3.63) is 63.2 Å². The molecule has 0 bridgehead atoms. The highest BCUT2D eigenvalue weighted by Crippen LogP contribution is 2.31. The molecular weight excluding hydrogens is 362 g/mol. The van der Waals surface area contributed by atoms with Crippen LogP contribution in [0.15, 0.2) is 36.4 Å². The molecule has 146 valence electrons. The minimum Gasteiger partial charge on any atom is -0.375 e. The molecule has 8 nitrogen and oxygen atoms in total. The Morgan fingerprint density at radius 1 is 1.29 bits per heavy atom. The topological polar surface area (TPSA) is 102 Å². The molecule has 1 heterocycles. The van der Waals surface area contributed by atoms with Gasteiger partial charge in [-0.15, -0.1) is 0 Å². The Bertz CT molecular complexity index is 941. The van der Waals surface area contributed by atoms with E-state index in [1.54, 1.807) is 30.0 Å². The van der Waals surface area contributed by atoms with Crippen LogP contribution >= 0.6 is 0 Å². The SMILES string of the molecule is COCC(=O)N1CCCc2ccc(NC(=O)c3cccc([N+](=O)[O-])c3C)cc21. The standard InChI is InChI=1S/C20H21N3O5/c1-13-16(6-3-7-17(13)23(26)27)20(25)21-15-9-8-14-5-4-10-22(18(14)11-15)19(24)12-28-2/h3,6-9,11H,4-5,10,12H2,1-2H3,(H,21,25). The Hall–Kier alpha value is -3.26. The van der Waals surface area contributed by atoms with Crippen molar-refractivity contribution in [2.45, 2.75) is 19.8 Å². The zero-order chi connectivity index (χ0) is 20.3. The molecule has 0 spiro atoms. The number of carbonyl (C=O) groups excluding carboxylic acids is 2. The zero-order valence-corrected chi connectivity index (χ0v) is 15.7. The van der Waals surface area contributed by atoms with Crippen molar-refractivity contribution >= 4 is 28.9 Å². The highest BCUT2D eigenvalue weighted by molar-refractivity contribution is 6.06. The van der Waals surface area contributed by atoms with Gasteiger partial charge in [-0.2, -0.15) is 0 Å². The first-order valence-corrected chi connectivity index (χ1v) is 8.90. The maximum absolute atomic E-state index is 12.7. The largest absolute Gasteiger partial charge is 0.375 e. The summed E-state index contributed by atoms with van der Waals surface area (Å²) in [7, 11) is 1.47. The number of carbonyl (C=O) groups is 2. The Balaban J connectivity index is 1.87. The van der Waals surface area contributed by atoms with Gasteiger partial charge in [-0.25, -0.2) is 0 Å². The van der Waals surface area contributed by atoms with E-state index in [4.69, 9.17) is 4.74 Å². The lowest BCUT2D eigenvalue weighted by atomic mass is 10.0. The Morgan fingerprint density at radius 2 is 2.07 bits per heavy atom. The lowest BCUT2D eigenvalue weighted by Crippen LogP contribution is -2.37. The molecule has 0 aliphatic carbocycles. The maximum Gasteiger partial charge on any atom is 0.273 e. The normalized spacial score (nSPS) is 13.0. The molecule has 2 aromatic rings. The number of methoxy groups -OCH3 is 1. The predicted octanol–water partition coefficient (Wildman–Crippen LogP) is 3.08. The van der Waals surface area contributed by atoms with E-state index in [1.165, 1.54) is 19.2 Å². The first kappa shape index (κ1) is 19.5. The Kier molecular flexibility index (Phi) is 5.70. The summed E-state index contributed by atoms with van der Waals surface area (Å²) in [6.07, 6.45) is 1.71. The number of nitrogens with zero attached hydrogens (tertiary/aromatic N) is 2. The first-order valence-electron chi connectivity index (χ1n) is 8.90. The van der Waals surface area contributed by atoms with Gasteiger partial charge in [0.25, 0.3) is 17.5 Å². The summed E-state index contributed by atoms with van der Waals surface area (Å²) in [4.78, 5) is 37.2. The molecule has 0 saturated heterocycles. The van der Waals surface area contributed by atoms with E-state index in [9.17, 15) is 19.7 Å². The second kappa shape index (κ2) is 8.18. The van der Waals surface area contributed by atoms with E-state index in [0.29, 0.717) is 17.8 Å². The Morgan fingerprint density at radius 3 is 2.79 bits per heavy atom. The number of amides is 2. The minimum absolute atomic E-state index is 0.0110. The van der Waals surface area contributed by atoms with Gasteiger partial charge in [0.05, 0.1) is 4.92 Å². The number of ether oxygens (including phenoxy) is 1. The van der Waals surface area contributed by atoms with Crippen LogP contribution in [-0.2, 0) is 16.0 Å². The van der Waals surface area contributed by atoms with E-state index in [2.05, 4.69) is 5.32 Å². The molecule has 0 atom stereocenters. The van der Waals surface area contributed by atoms with Crippen LogP contribution in [0.4, 0.5) is 17.1 Å². The molecule has 2 aromatic carbocycles. The van der Waals surface area contributed by atoms with Crippen LogP contribution in [0.2, 0.25) is 0 Å². The average Bonchev–Trinajstić information content (AvgIpc) is 2.67. The van der Waals surface area contributed by atoms with E-state index >= 15 is 0 Å². The third-order valence-corrected chi connectivity index (χ3v) is 4.78. The van der Waals surface area contributed by atoms with Crippen LogP contribution in [0.25, 0.3) is 0 Å². The van der Waals surface area contributed by atoms with E-state index < -0.39 is 10.8 Å². The summed E-state index contributed by atoms with van der Waals surface area (Å²) < 4.78 is 4.95. The van der Waals surface area contributed by atoms with Gasteiger partial charge in [-0.1, -0.05) is 12.1 Å². The van der Waals surface area contributed by atoms with Gasteiger partial charge < -0.3 is 15.0 Å². The van der Waals surface area contributed by atoms with Gasteiger partial charge in [0.1, 0.15) is 6.61 Å².